The van der Waals surface area contributed by atoms with Crippen molar-refractivity contribution in [2.45, 2.75) is 30.8 Å². The highest BCUT2D eigenvalue weighted by Gasteiger charge is 2.20. The van der Waals surface area contributed by atoms with Crippen LogP contribution >= 0.6 is 0 Å². The third-order valence-corrected chi connectivity index (χ3v) is 4.41. The fourth-order valence-electron chi connectivity index (χ4n) is 1.97. The molecule has 1 heterocycles. The second kappa shape index (κ2) is 6.36. The molecule has 0 spiro atoms. The summed E-state index contributed by atoms with van der Waals surface area (Å²) in [6.07, 6.45) is 1.90. The zero-order valence-corrected chi connectivity index (χ0v) is 11.8. The van der Waals surface area contributed by atoms with Crippen LogP contribution in [0.15, 0.2) is 29.2 Å². The molecule has 1 aliphatic rings. The molecule has 0 saturated carbocycles. The first-order valence-electron chi connectivity index (χ1n) is 6.46. The van der Waals surface area contributed by atoms with Gasteiger partial charge in [0.25, 0.3) is 0 Å². The van der Waals surface area contributed by atoms with Crippen molar-refractivity contribution < 1.29 is 17.9 Å². The van der Waals surface area contributed by atoms with Crippen LogP contribution in [0.3, 0.4) is 0 Å². The standard InChI is InChI=1S/C13H19NO4S/c1-2-17-11-5-7-13(8-6-11)19(15,16)14-10-12-4-3-9-18-12/h5-8,12,14H,2-4,9-10H2,1H3. The molecule has 19 heavy (non-hydrogen) atoms. The first-order valence-corrected chi connectivity index (χ1v) is 7.94. The van der Waals surface area contributed by atoms with E-state index in [-0.39, 0.29) is 11.0 Å². The predicted molar refractivity (Wildman–Crippen MR) is 71.8 cm³/mol. The lowest BCUT2D eigenvalue weighted by atomic mass is 10.2. The van der Waals surface area contributed by atoms with E-state index in [2.05, 4.69) is 4.72 Å². The van der Waals surface area contributed by atoms with Gasteiger partial charge in [0.05, 0.1) is 17.6 Å². The number of nitrogens with one attached hydrogen (secondary N) is 1. The lowest BCUT2D eigenvalue weighted by Gasteiger charge is -2.11. The van der Waals surface area contributed by atoms with Crippen LogP contribution in [0.1, 0.15) is 19.8 Å². The Labute approximate surface area is 114 Å². The first-order chi connectivity index (χ1) is 9.12. The monoisotopic (exact) mass is 285 g/mol. The third kappa shape index (κ3) is 3.92. The predicted octanol–water partition coefficient (Wildman–Crippen LogP) is 1.54. The van der Waals surface area contributed by atoms with E-state index in [9.17, 15) is 8.42 Å². The van der Waals surface area contributed by atoms with E-state index in [0.717, 1.165) is 19.4 Å². The molecular formula is C13H19NO4S. The second-order valence-corrected chi connectivity index (χ2v) is 6.16. The molecular weight excluding hydrogens is 266 g/mol. The van der Waals surface area contributed by atoms with Crippen LogP contribution in [0.5, 0.6) is 5.75 Å². The summed E-state index contributed by atoms with van der Waals surface area (Å²) in [6, 6.07) is 6.40. The van der Waals surface area contributed by atoms with Gasteiger partial charge in [-0.05, 0) is 44.0 Å². The van der Waals surface area contributed by atoms with E-state index < -0.39 is 10.0 Å². The molecule has 0 aromatic heterocycles. The Bertz CT molecular complexity index is 492. The van der Waals surface area contributed by atoms with Crippen molar-refractivity contribution in [3.05, 3.63) is 24.3 Å². The Balaban J connectivity index is 1.97. The maximum Gasteiger partial charge on any atom is 0.240 e. The van der Waals surface area contributed by atoms with Crippen molar-refractivity contribution >= 4 is 10.0 Å². The van der Waals surface area contributed by atoms with Crippen LogP contribution in [0.25, 0.3) is 0 Å². The van der Waals surface area contributed by atoms with Gasteiger partial charge in [0, 0.05) is 13.2 Å². The molecule has 1 aliphatic heterocycles. The summed E-state index contributed by atoms with van der Waals surface area (Å²) >= 11 is 0. The molecule has 1 atom stereocenters. The molecule has 6 heteroatoms. The van der Waals surface area contributed by atoms with E-state index in [1.54, 1.807) is 24.3 Å². The smallest absolute Gasteiger partial charge is 0.240 e. The van der Waals surface area contributed by atoms with Gasteiger partial charge in [0.1, 0.15) is 5.75 Å². The topological polar surface area (TPSA) is 64.6 Å². The summed E-state index contributed by atoms with van der Waals surface area (Å²) in [5, 5.41) is 0. The van der Waals surface area contributed by atoms with Crippen LogP contribution in [0.2, 0.25) is 0 Å². The largest absolute Gasteiger partial charge is 0.494 e. The van der Waals surface area contributed by atoms with Crippen molar-refractivity contribution in [2.24, 2.45) is 0 Å². The number of sulfonamides is 1. The van der Waals surface area contributed by atoms with Crippen LogP contribution in [0, 0.1) is 0 Å². The number of hydrogen-bond donors (Lipinski definition) is 1. The fourth-order valence-corrected chi connectivity index (χ4v) is 3.04. The average molecular weight is 285 g/mol. The zero-order valence-electron chi connectivity index (χ0n) is 11.0. The van der Waals surface area contributed by atoms with Gasteiger partial charge >= 0.3 is 0 Å². The van der Waals surface area contributed by atoms with Crippen molar-refractivity contribution in [3.63, 3.8) is 0 Å². The molecule has 1 aromatic rings. The highest BCUT2D eigenvalue weighted by Crippen LogP contribution is 2.17. The van der Waals surface area contributed by atoms with Gasteiger partial charge in [-0.15, -0.1) is 0 Å². The molecule has 1 N–H and O–H groups in total. The minimum absolute atomic E-state index is 0.00234. The van der Waals surface area contributed by atoms with E-state index in [1.807, 2.05) is 6.92 Å². The molecule has 0 aliphatic carbocycles. The minimum Gasteiger partial charge on any atom is -0.494 e. The SMILES string of the molecule is CCOc1ccc(S(=O)(=O)NCC2CCCO2)cc1. The molecule has 106 valence electrons. The molecule has 1 unspecified atom stereocenters. The summed E-state index contributed by atoms with van der Waals surface area (Å²) in [4.78, 5) is 0.244. The molecule has 0 amide bonds. The van der Waals surface area contributed by atoms with Crippen molar-refractivity contribution in [2.75, 3.05) is 19.8 Å². The van der Waals surface area contributed by atoms with E-state index >= 15 is 0 Å². The summed E-state index contributed by atoms with van der Waals surface area (Å²) in [6.45, 7) is 3.49. The first kappa shape index (κ1) is 14.3. The van der Waals surface area contributed by atoms with Crippen LogP contribution in [-0.2, 0) is 14.8 Å². The van der Waals surface area contributed by atoms with E-state index in [1.165, 1.54) is 0 Å². The molecule has 0 bridgehead atoms. The Kier molecular flexibility index (Phi) is 4.79. The minimum atomic E-state index is -3.47. The molecule has 5 nitrogen and oxygen atoms in total. The lowest BCUT2D eigenvalue weighted by molar-refractivity contribution is 0.114. The lowest BCUT2D eigenvalue weighted by Crippen LogP contribution is -2.31. The van der Waals surface area contributed by atoms with E-state index in [0.29, 0.717) is 18.9 Å². The van der Waals surface area contributed by atoms with Gasteiger partial charge in [0.2, 0.25) is 10.0 Å². The number of benzene rings is 1. The Hall–Kier alpha value is -1.11. The van der Waals surface area contributed by atoms with Gasteiger partial charge in [-0.2, -0.15) is 0 Å². The molecule has 1 aromatic carbocycles. The fraction of sp³-hybridized carbons (Fsp3) is 0.538. The molecule has 0 radical (unpaired) electrons. The maximum absolute atomic E-state index is 12.1. The van der Waals surface area contributed by atoms with Gasteiger partial charge in [-0.1, -0.05) is 0 Å². The number of ether oxygens (including phenoxy) is 2. The third-order valence-electron chi connectivity index (χ3n) is 2.97. The zero-order chi connectivity index (χ0) is 13.7. The summed E-state index contributed by atoms with van der Waals surface area (Å²) in [5.41, 5.74) is 0. The summed E-state index contributed by atoms with van der Waals surface area (Å²) in [5.74, 6) is 0.667. The number of hydrogen-bond acceptors (Lipinski definition) is 4. The van der Waals surface area contributed by atoms with Gasteiger partial charge in [-0.25, -0.2) is 13.1 Å². The Morgan fingerprint density at radius 1 is 1.37 bits per heavy atom. The van der Waals surface area contributed by atoms with E-state index in [4.69, 9.17) is 9.47 Å². The van der Waals surface area contributed by atoms with Crippen LogP contribution < -0.4 is 9.46 Å². The Morgan fingerprint density at radius 3 is 2.68 bits per heavy atom. The van der Waals surface area contributed by atoms with Gasteiger partial charge < -0.3 is 9.47 Å². The van der Waals surface area contributed by atoms with Crippen LogP contribution in [-0.4, -0.2) is 34.3 Å². The molecule has 1 fully saturated rings. The summed E-state index contributed by atoms with van der Waals surface area (Å²) in [7, 11) is -3.47. The summed E-state index contributed by atoms with van der Waals surface area (Å²) < 4.78 is 37.3. The van der Waals surface area contributed by atoms with Crippen molar-refractivity contribution in [3.8, 4) is 5.75 Å². The molecule has 2 rings (SSSR count). The Morgan fingerprint density at radius 2 is 2.11 bits per heavy atom. The highest BCUT2D eigenvalue weighted by molar-refractivity contribution is 7.89. The van der Waals surface area contributed by atoms with Crippen molar-refractivity contribution in [1.29, 1.82) is 0 Å². The maximum atomic E-state index is 12.1. The van der Waals surface area contributed by atoms with Gasteiger partial charge in [-0.3, -0.25) is 0 Å². The normalized spacial score (nSPS) is 19.5. The highest BCUT2D eigenvalue weighted by atomic mass is 32.2. The quantitative estimate of drug-likeness (QED) is 0.861. The average Bonchev–Trinajstić information content (AvgIpc) is 2.91. The van der Waals surface area contributed by atoms with Gasteiger partial charge in [0.15, 0.2) is 0 Å². The number of rotatable bonds is 6. The van der Waals surface area contributed by atoms with Crippen LogP contribution in [0.4, 0.5) is 0 Å². The second-order valence-electron chi connectivity index (χ2n) is 4.39. The molecule has 1 saturated heterocycles. The van der Waals surface area contributed by atoms with Crippen molar-refractivity contribution in [1.82, 2.24) is 4.72 Å².